The van der Waals surface area contributed by atoms with Crippen molar-refractivity contribution in [1.29, 1.82) is 0 Å². The summed E-state index contributed by atoms with van der Waals surface area (Å²) in [7, 11) is 0. The van der Waals surface area contributed by atoms with Crippen LogP contribution in [0.25, 0.3) is 10.4 Å². The van der Waals surface area contributed by atoms with Gasteiger partial charge in [0.05, 0.1) is 4.88 Å². The van der Waals surface area contributed by atoms with E-state index in [1.807, 2.05) is 0 Å². The molecule has 0 unspecified atom stereocenters. The Morgan fingerprint density at radius 1 is 1.37 bits per heavy atom. The number of carbonyl (C=O) groups excluding carboxylic acids is 1. The Labute approximate surface area is 117 Å². The summed E-state index contributed by atoms with van der Waals surface area (Å²) in [6.07, 6.45) is 0. The lowest BCUT2D eigenvalue weighted by Gasteiger charge is -2.01. The molecular formula is C12H9ClN2O3S. The molecule has 98 valence electrons. The molecule has 2 rings (SSSR count). The number of carbonyl (C=O) groups is 2. The van der Waals surface area contributed by atoms with E-state index in [0.29, 0.717) is 15.5 Å². The highest BCUT2D eigenvalue weighted by Gasteiger charge is 2.20. The van der Waals surface area contributed by atoms with Crippen molar-refractivity contribution in [3.8, 4) is 10.4 Å². The number of rotatable bonds is 3. The van der Waals surface area contributed by atoms with Crippen LogP contribution in [0.3, 0.4) is 0 Å². The third-order valence-corrected chi connectivity index (χ3v) is 3.56. The molecule has 2 N–H and O–H groups in total. The molecule has 0 aliphatic carbocycles. The van der Waals surface area contributed by atoms with Gasteiger partial charge < -0.3 is 10.4 Å². The molecule has 1 aromatic carbocycles. The standard InChI is InChI=1S/C12H9ClN2O3S/c1-6(16)14-12-15-9(11(17)18)10(19-12)7-4-2-3-5-8(7)13/h2-5H,1H3,(H,17,18)(H,14,15,16). The average molecular weight is 297 g/mol. The number of hydrogen-bond donors (Lipinski definition) is 2. The number of amides is 1. The van der Waals surface area contributed by atoms with Crippen LogP contribution in [-0.4, -0.2) is 22.0 Å². The second-order valence-electron chi connectivity index (χ2n) is 3.66. The summed E-state index contributed by atoms with van der Waals surface area (Å²) in [6.45, 7) is 1.33. The normalized spacial score (nSPS) is 10.2. The maximum absolute atomic E-state index is 11.2. The number of anilines is 1. The molecule has 1 amide bonds. The van der Waals surface area contributed by atoms with Crippen LogP contribution in [0.5, 0.6) is 0 Å². The Morgan fingerprint density at radius 2 is 2.05 bits per heavy atom. The summed E-state index contributed by atoms with van der Waals surface area (Å²) >= 11 is 7.12. The number of nitrogens with one attached hydrogen (secondary N) is 1. The number of carboxylic acids is 1. The molecule has 0 radical (unpaired) electrons. The number of aromatic carboxylic acids is 1. The molecule has 5 nitrogen and oxygen atoms in total. The van der Waals surface area contributed by atoms with Gasteiger partial charge in [-0.1, -0.05) is 41.1 Å². The highest BCUT2D eigenvalue weighted by molar-refractivity contribution is 7.19. The van der Waals surface area contributed by atoms with Crippen LogP contribution in [0.2, 0.25) is 5.02 Å². The highest BCUT2D eigenvalue weighted by Crippen LogP contribution is 2.37. The van der Waals surface area contributed by atoms with E-state index in [-0.39, 0.29) is 16.7 Å². The van der Waals surface area contributed by atoms with Gasteiger partial charge in [0.25, 0.3) is 0 Å². The molecular weight excluding hydrogens is 288 g/mol. The van der Waals surface area contributed by atoms with E-state index in [9.17, 15) is 9.59 Å². The van der Waals surface area contributed by atoms with E-state index in [4.69, 9.17) is 16.7 Å². The fourth-order valence-electron chi connectivity index (χ4n) is 1.50. The Hall–Kier alpha value is -1.92. The number of thiazole rings is 1. The van der Waals surface area contributed by atoms with Crippen LogP contribution < -0.4 is 5.32 Å². The van der Waals surface area contributed by atoms with E-state index in [0.717, 1.165) is 11.3 Å². The van der Waals surface area contributed by atoms with E-state index >= 15 is 0 Å². The van der Waals surface area contributed by atoms with Crippen molar-refractivity contribution in [3.05, 3.63) is 35.0 Å². The summed E-state index contributed by atoms with van der Waals surface area (Å²) in [4.78, 5) is 26.5. The fraction of sp³-hybridized carbons (Fsp3) is 0.0833. The second kappa shape index (κ2) is 5.38. The molecule has 0 aliphatic rings. The van der Waals surface area contributed by atoms with Crippen LogP contribution in [-0.2, 0) is 4.79 Å². The first-order valence-corrected chi connectivity index (χ1v) is 6.45. The number of halogens is 1. The second-order valence-corrected chi connectivity index (χ2v) is 5.07. The van der Waals surface area contributed by atoms with E-state index in [2.05, 4.69) is 10.3 Å². The minimum atomic E-state index is -1.16. The summed E-state index contributed by atoms with van der Waals surface area (Å²) in [5, 5.41) is 12.3. The maximum atomic E-state index is 11.2. The monoisotopic (exact) mass is 296 g/mol. The SMILES string of the molecule is CC(=O)Nc1nc(C(=O)O)c(-c2ccccc2Cl)s1. The zero-order valence-corrected chi connectivity index (χ0v) is 11.4. The largest absolute Gasteiger partial charge is 0.476 e. The summed E-state index contributed by atoms with van der Waals surface area (Å²) in [6, 6.07) is 6.88. The quantitative estimate of drug-likeness (QED) is 0.912. The molecule has 0 fully saturated rings. The van der Waals surface area contributed by atoms with Gasteiger partial charge in [-0.2, -0.15) is 0 Å². The first-order valence-electron chi connectivity index (χ1n) is 5.25. The third kappa shape index (κ3) is 2.91. The molecule has 0 atom stereocenters. The molecule has 19 heavy (non-hydrogen) atoms. The van der Waals surface area contributed by atoms with Crippen molar-refractivity contribution >= 4 is 39.9 Å². The van der Waals surface area contributed by atoms with Crippen molar-refractivity contribution < 1.29 is 14.7 Å². The van der Waals surface area contributed by atoms with Gasteiger partial charge in [0.2, 0.25) is 5.91 Å². The molecule has 0 bridgehead atoms. The first-order chi connectivity index (χ1) is 8.99. The van der Waals surface area contributed by atoms with Gasteiger partial charge in [0.1, 0.15) is 0 Å². The van der Waals surface area contributed by atoms with E-state index in [1.54, 1.807) is 24.3 Å². The van der Waals surface area contributed by atoms with Crippen LogP contribution in [0, 0.1) is 0 Å². The number of aromatic nitrogens is 1. The van der Waals surface area contributed by atoms with Crippen LogP contribution >= 0.6 is 22.9 Å². The third-order valence-electron chi connectivity index (χ3n) is 2.23. The first kappa shape index (κ1) is 13.5. The van der Waals surface area contributed by atoms with Crippen LogP contribution in [0.4, 0.5) is 5.13 Å². The van der Waals surface area contributed by atoms with Gasteiger partial charge in [0.15, 0.2) is 10.8 Å². The predicted molar refractivity (Wildman–Crippen MR) is 73.8 cm³/mol. The number of benzene rings is 1. The topological polar surface area (TPSA) is 79.3 Å². The molecule has 1 heterocycles. The van der Waals surface area contributed by atoms with Crippen molar-refractivity contribution in [2.24, 2.45) is 0 Å². The fourth-order valence-corrected chi connectivity index (χ4v) is 2.83. The number of nitrogens with zero attached hydrogens (tertiary/aromatic N) is 1. The Morgan fingerprint density at radius 3 is 2.63 bits per heavy atom. The van der Waals surface area contributed by atoms with Gasteiger partial charge in [-0.3, -0.25) is 4.79 Å². The zero-order valence-electron chi connectivity index (χ0n) is 9.81. The zero-order chi connectivity index (χ0) is 14.0. The Kier molecular flexibility index (Phi) is 3.82. The number of carboxylic acid groups (broad SMARTS) is 1. The summed E-state index contributed by atoms with van der Waals surface area (Å²) in [5.74, 6) is -1.47. The molecule has 1 aromatic heterocycles. The van der Waals surface area contributed by atoms with Crippen LogP contribution in [0.15, 0.2) is 24.3 Å². The van der Waals surface area contributed by atoms with E-state index < -0.39 is 5.97 Å². The van der Waals surface area contributed by atoms with Crippen LogP contribution in [0.1, 0.15) is 17.4 Å². The van der Waals surface area contributed by atoms with E-state index in [1.165, 1.54) is 6.92 Å². The lowest BCUT2D eigenvalue weighted by atomic mass is 10.1. The minimum absolute atomic E-state index is 0.123. The predicted octanol–water partition coefficient (Wildman–Crippen LogP) is 3.12. The molecule has 2 aromatic rings. The van der Waals surface area contributed by atoms with Crippen molar-refractivity contribution in [2.45, 2.75) is 6.92 Å². The van der Waals surface area contributed by atoms with Crippen molar-refractivity contribution in [3.63, 3.8) is 0 Å². The smallest absolute Gasteiger partial charge is 0.356 e. The Bertz CT molecular complexity index is 654. The van der Waals surface area contributed by atoms with Gasteiger partial charge in [0, 0.05) is 17.5 Å². The lowest BCUT2D eigenvalue weighted by molar-refractivity contribution is -0.114. The summed E-state index contributed by atoms with van der Waals surface area (Å²) < 4.78 is 0. The van der Waals surface area contributed by atoms with Gasteiger partial charge in [-0.05, 0) is 6.07 Å². The molecule has 0 saturated heterocycles. The molecule has 0 spiro atoms. The van der Waals surface area contributed by atoms with Gasteiger partial charge in [-0.25, -0.2) is 9.78 Å². The minimum Gasteiger partial charge on any atom is -0.476 e. The molecule has 7 heteroatoms. The number of hydrogen-bond acceptors (Lipinski definition) is 4. The van der Waals surface area contributed by atoms with Crippen molar-refractivity contribution in [1.82, 2.24) is 4.98 Å². The molecule has 0 aliphatic heterocycles. The average Bonchev–Trinajstić information content (AvgIpc) is 2.72. The van der Waals surface area contributed by atoms with Gasteiger partial charge in [-0.15, -0.1) is 0 Å². The Balaban J connectivity index is 2.55. The molecule has 0 saturated carbocycles. The van der Waals surface area contributed by atoms with Crippen molar-refractivity contribution in [2.75, 3.05) is 5.32 Å². The lowest BCUT2D eigenvalue weighted by Crippen LogP contribution is -2.06. The highest BCUT2D eigenvalue weighted by atomic mass is 35.5. The van der Waals surface area contributed by atoms with Gasteiger partial charge >= 0.3 is 5.97 Å². The maximum Gasteiger partial charge on any atom is 0.356 e. The summed E-state index contributed by atoms with van der Waals surface area (Å²) in [5.41, 5.74) is 0.456.